The third-order valence-corrected chi connectivity index (χ3v) is 3.13. The number of benzene rings is 1. The van der Waals surface area contributed by atoms with Crippen LogP contribution >= 0.6 is 0 Å². The van der Waals surface area contributed by atoms with Gasteiger partial charge in [0.05, 0.1) is 18.0 Å². The van der Waals surface area contributed by atoms with Crippen LogP contribution in [-0.2, 0) is 4.74 Å². The predicted octanol–water partition coefficient (Wildman–Crippen LogP) is 2.02. The summed E-state index contributed by atoms with van der Waals surface area (Å²) < 4.78 is 6.77. The van der Waals surface area contributed by atoms with Gasteiger partial charge in [0.1, 0.15) is 0 Å². The minimum Gasteiger partial charge on any atom is -0.461 e. The van der Waals surface area contributed by atoms with Gasteiger partial charge < -0.3 is 10.5 Å². The Labute approximate surface area is 111 Å². The van der Waals surface area contributed by atoms with E-state index in [0.717, 1.165) is 18.5 Å². The molecule has 19 heavy (non-hydrogen) atoms. The summed E-state index contributed by atoms with van der Waals surface area (Å²) in [5.41, 5.74) is 7.54. The van der Waals surface area contributed by atoms with E-state index < -0.39 is 0 Å². The van der Waals surface area contributed by atoms with E-state index in [4.69, 9.17) is 10.5 Å². The van der Waals surface area contributed by atoms with Crippen molar-refractivity contribution in [2.24, 2.45) is 5.92 Å². The second kappa shape index (κ2) is 4.76. The van der Waals surface area contributed by atoms with Gasteiger partial charge in [-0.25, -0.2) is 9.48 Å². The average molecular weight is 257 g/mol. The van der Waals surface area contributed by atoms with Gasteiger partial charge in [0.25, 0.3) is 0 Å². The van der Waals surface area contributed by atoms with E-state index >= 15 is 0 Å². The maximum atomic E-state index is 11.8. The maximum absolute atomic E-state index is 11.8. The molecule has 0 spiro atoms. The number of hydrogen-bond donors (Lipinski definition) is 1. The Hall–Kier alpha value is -2.30. The van der Waals surface area contributed by atoms with Crippen LogP contribution in [0.5, 0.6) is 0 Å². The van der Waals surface area contributed by atoms with Gasteiger partial charge in [-0.3, -0.25) is 0 Å². The standard InChI is InChI=1S/C14H15N3O2/c15-11-3-1-2-4-13(11)17-8-7-12(16-17)14(18)19-9-10-5-6-10/h1-4,7-8,10H,5-6,9,15H2. The topological polar surface area (TPSA) is 70.1 Å². The predicted molar refractivity (Wildman–Crippen MR) is 71.0 cm³/mol. The number of esters is 1. The van der Waals surface area contributed by atoms with Crippen molar-refractivity contribution in [2.75, 3.05) is 12.3 Å². The van der Waals surface area contributed by atoms with E-state index in [9.17, 15) is 4.79 Å². The molecule has 2 N–H and O–H groups in total. The van der Waals surface area contributed by atoms with Gasteiger partial charge in [-0.2, -0.15) is 5.10 Å². The van der Waals surface area contributed by atoms with E-state index in [2.05, 4.69) is 5.10 Å². The molecule has 0 atom stereocenters. The van der Waals surface area contributed by atoms with Gasteiger partial charge in [0.2, 0.25) is 0 Å². The largest absolute Gasteiger partial charge is 0.461 e. The smallest absolute Gasteiger partial charge is 0.358 e. The number of para-hydroxylation sites is 2. The fourth-order valence-electron chi connectivity index (χ4n) is 1.82. The van der Waals surface area contributed by atoms with Crippen molar-refractivity contribution >= 4 is 11.7 Å². The molecule has 1 fully saturated rings. The number of carbonyl (C=O) groups is 1. The molecule has 5 heteroatoms. The molecule has 0 bridgehead atoms. The number of ether oxygens (including phenoxy) is 1. The number of nitrogen functional groups attached to an aromatic ring is 1. The number of carbonyl (C=O) groups excluding carboxylic acids is 1. The second-order valence-electron chi connectivity index (χ2n) is 4.75. The van der Waals surface area contributed by atoms with Crippen LogP contribution in [0.15, 0.2) is 36.5 Å². The van der Waals surface area contributed by atoms with Gasteiger partial charge in [-0.05, 0) is 37.0 Å². The molecule has 1 heterocycles. The fourth-order valence-corrected chi connectivity index (χ4v) is 1.82. The van der Waals surface area contributed by atoms with Crippen molar-refractivity contribution in [3.63, 3.8) is 0 Å². The fraction of sp³-hybridized carbons (Fsp3) is 0.286. The van der Waals surface area contributed by atoms with Crippen molar-refractivity contribution in [3.05, 3.63) is 42.2 Å². The molecule has 3 rings (SSSR count). The summed E-state index contributed by atoms with van der Waals surface area (Å²) in [4.78, 5) is 11.8. The first kappa shape index (κ1) is 11.8. The van der Waals surface area contributed by atoms with Crippen LogP contribution < -0.4 is 5.73 Å². The Kier molecular flexibility index (Phi) is 2.95. The van der Waals surface area contributed by atoms with Crippen LogP contribution in [0, 0.1) is 5.92 Å². The van der Waals surface area contributed by atoms with Crippen LogP contribution in [0.25, 0.3) is 5.69 Å². The maximum Gasteiger partial charge on any atom is 0.358 e. The first-order valence-corrected chi connectivity index (χ1v) is 6.32. The number of nitrogens with two attached hydrogens (primary N) is 1. The molecule has 1 aromatic heterocycles. The van der Waals surface area contributed by atoms with Gasteiger partial charge in [0, 0.05) is 6.20 Å². The Morgan fingerprint density at radius 2 is 2.16 bits per heavy atom. The molecule has 1 aliphatic rings. The normalized spacial score (nSPS) is 14.3. The van der Waals surface area contributed by atoms with Gasteiger partial charge in [-0.15, -0.1) is 0 Å². The summed E-state index contributed by atoms with van der Waals surface area (Å²) in [7, 11) is 0. The highest BCUT2D eigenvalue weighted by Crippen LogP contribution is 2.29. The summed E-state index contributed by atoms with van der Waals surface area (Å²) in [6, 6.07) is 9.01. The molecular formula is C14H15N3O2. The van der Waals surface area contributed by atoms with Gasteiger partial charge in [0.15, 0.2) is 5.69 Å². The van der Waals surface area contributed by atoms with Crippen molar-refractivity contribution < 1.29 is 9.53 Å². The average Bonchev–Trinajstić information content (AvgIpc) is 3.12. The first-order valence-electron chi connectivity index (χ1n) is 6.32. The van der Waals surface area contributed by atoms with Crippen molar-refractivity contribution in [3.8, 4) is 5.69 Å². The SMILES string of the molecule is Nc1ccccc1-n1ccc(C(=O)OCC2CC2)n1. The quantitative estimate of drug-likeness (QED) is 0.672. The monoisotopic (exact) mass is 257 g/mol. The molecule has 0 amide bonds. The molecule has 1 aliphatic carbocycles. The highest BCUT2D eigenvalue weighted by molar-refractivity contribution is 5.87. The lowest BCUT2D eigenvalue weighted by molar-refractivity contribution is 0.0478. The van der Waals surface area contributed by atoms with Crippen molar-refractivity contribution in [1.29, 1.82) is 0 Å². The summed E-state index contributed by atoms with van der Waals surface area (Å²) in [6.45, 7) is 0.499. The highest BCUT2D eigenvalue weighted by atomic mass is 16.5. The van der Waals surface area contributed by atoms with E-state index in [0.29, 0.717) is 23.9 Å². The number of anilines is 1. The molecule has 0 unspecified atom stereocenters. The molecular weight excluding hydrogens is 242 g/mol. The summed E-state index contributed by atoms with van der Waals surface area (Å²) in [5.74, 6) is 0.177. The molecule has 5 nitrogen and oxygen atoms in total. The second-order valence-corrected chi connectivity index (χ2v) is 4.75. The number of rotatable bonds is 4. The molecule has 2 aromatic rings. The Balaban J connectivity index is 1.75. The van der Waals surface area contributed by atoms with Crippen molar-refractivity contribution in [2.45, 2.75) is 12.8 Å². The first-order chi connectivity index (χ1) is 9.24. The molecule has 0 radical (unpaired) electrons. The summed E-state index contributed by atoms with van der Waals surface area (Å²) >= 11 is 0. The molecule has 1 aromatic carbocycles. The highest BCUT2D eigenvalue weighted by Gasteiger charge is 2.24. The number of aromatic nitrogens is 2. The van der Waals surface area contributed by atoms with Crippen LogP contribution in [0.1, 0.15) is 23.3 Å². The third kappa shape index (κ3) is 2.59. The number of nitrogens with zero attached hydrogens (tertiary/aromatic N) is 2. The summed E-state index contributed by atoms with van der Waals surface area (Å²) in [5, 5.41) is 4.20. The van der Waals surface area contributed by atoms with Crippen LogP contribution in [0.4, 0.5) is 5.69 Å². The van der Waals surface area contributed by atoms with E-state index in [-0.39, 0.29) is 5.97 Å². The van der Waals surface area contributed by atoms with E-state index in [1.54, 1.807) is 23.0 Å². The van der Waals surface area contributed by atoms with E-state index in [1.807, 2.05) is 18.2 Å². The minimum atomic E-state index is -0.375. The molecule has 0 saturated heterocycles. The lowest BCUT2D eigenvalue weighted by Gasteiger charge is -2.04. The van der Waals surface area contributed by atoms with E-state index in [1.165, 1.54) is 0 Å². The van der Waals surface area contributed by atoms with Gasteiger partial charge in [-0.1, -0.05) is 12.1 Å². The lowest BCUT2D eigenvalue weighted by atomic mass is 10.3. The Morgan fingerprint density at radius 3 is 2.89 bits per heavy atom. The zero-order valence-corrected chi connectivity index (χ0v) is 10.5. The minimum absolute atomic E-state index is 0.309. The van der Waals surface area contributed by atoms with Crippen LogP contribution in [-0.4, -0.2) is 22.4 Å². The summed E-state index contributed by atoms with van der Waals surface area (Å²) in [6.07, 6.45) is 4.02. The molecule has 98 valence electrons. The Morgan fingerprint density at radius 1 is 1.37 bits per heavy atom. The zero-order valence-electron chi connectivity index (χ0n) is 10.5. The zero-order chi connectivity index (χ0) is 13.2. The van der Waals surface area contributed by atoms with Crippen molar-refractivity contribution in [1.82, 2.24) is 9.78 Å². The van der Waals surface area contributed by atoms with Gasteiger partial charge >= 0.3 is 5.97 Å². The molecule has 1 saturated carbocycles. The van der Waals surface area contributed by atoms with Crippen LogP contribution in [0.3, 0.4) is 0 Å². The Bertz CT molecular complexity index is 602. The number of hydrogen-bond acceptors (Lipinski definition) is 4. The lowest BCUT2D eigenvalue weighted by Crippen LogP contribution is -2.09. The van der Waals surface area contributed by atoms with Crippen LogP contribution in [0.2, 0.25) is 0 Å². The molecule has 0 aliphatic heterocycles. The third-order valence-electron chi connectivity index (χ3n) is 3.13.